The van der Waals surface area contributed by atoms with Gasteiger partial charge in [-0.3, -0.25) is 9.69 Å². The van der Waals surface area contributed by atoms with Crippen LogP contribution in [0.2, 0.25) is 0 Å². The van der Waals surface area contributed by atoms with Crippen molar-refractivity contribution in [2.75, 3.05) is 38.2 Å². The quantitative estimate of drug-likeness (QED) is 0.648. The van der Waals surface area contributed by atoms with Crippen molar-refractivity contribution >= 4 is 38.4 Å². The van der Waals surface area contributed by atoms with E-state index in [-0.39, 0.29) is 5.91 Å². The number of nitrogens with one attached hydrogen (secondary N) is 1. The maximum atomic E-state index is 12.9. The summed E-state index contributed by atoms with van der Waals surface area (Å²) in [6, 6.07) is 16.1. The van der Waals surface area contributed by atoms with Crippen molar-refractivity contribution in [3.8, 4) is 0 Å². The fourth-order valence-electron chi connectivity index (χ4n) is 3.66. The Balaban J connectivity index is 1.42. The van der Waals surface area contributed by atoms with Crippen LogP contribution in [-0.2, 0) is 18.2 Å². The lowest BCUT2D eigenvalue weighted by atomic mass is 10.1. The van der Waals surface area contributed by atoms with Crippen LogP contribution in [-0.4, -0.2) is 48.2 Å². The molecule has 6 heteroatoms. The van der Waals surface area contributed by atoms with E-state index in [1.165, 1.54) is 5.56 Å². The second-order valence-electron chi connectivity index (χ2n) is 7.09. The summed E-state index contributed by atoms with van der Waals surface area (Å²) in [5.74, 6) is -0.119. The van der Waals surface area contributed by atoms with Crippen LogP contribution in [0.4, 0.5) is 5.69 Å². The first-order chi connectivity index (χ1) is 13.6. The third-order valence-corrected chi connectivity index (χ3v) is 6.10. The molecule has 0 saturated carbocycles. The molecule has 5 nitrogen and oxygen atoms in total. The third kappa shape index (κ3) is 3.99. The van der Waals surface area contributed by atoms with Gasteiger partial charge in [0.15, 0.2) is 0 Å². The lowest BCUT2D eigenvalue weighted by Crippen LogP contribution is -2.37. The molecule has 2 heterocycles. The predicted octanol–water partition coefficient (Wildman–Crippen LogP) is 4.07. The van der Waals surface area contributed by atoms with E-state index in [1.807, 2.05) is 48.0 Å². The second-order valence-corrected chi connectivity index (χ2v) is 7.89. The van der Waals surface area contributed by atoms with E-state index in [1.54, 1.807) is 0 Å². The Morgan fingerprint density at radius 3 is 2.54 bits per heavy atom. The van der Waals surface area contributed by atoms with E-state index in [9.17, 15) is 4.79 Å². The minimum Gasteiger partial charge on any atom is -0.379 e. The Morgan fingerprint density at radius 1 is 1.11 bits per heavy atom. The molecule has 1 aromatic heterocycles. The zero-order valence-corrected chi connectivity index (χ0v) is 17.5. The number of hydrogen-bond donors (Lipinski definition) is 1. The highest BCUT2D eigenvalue weighted by Gasteiger charge is 2.19. The van der Waals surface area contributed by atoms with Crippen LogP contribution in [0.5, 0.6) is 0 Å². The van der Waals surface area contributed by atoms with Crippen molar-refractivity contribution in [3.63, 3.8) is 0 Å². The Labute approximate surface area is 173 Å². The van der Waals surface area contributed by atoms with Gasteiger partial charge in [-0.25, -0.2) is 0 Å². The molecule has 1 amide bonds. The minimum atomic E-state index is -0.119. The van der Waals surface area contributed by atoms with Crippen molar-refractivity contribution in [3.05, 3.63) is 64.3 Å². The molecule has 0 bridgehead atoms. The lowest BCUT2D eigenvalue weighted by molar-refractivity contribution is 0.0384. The molecule has 2 aromatic carbocycles. The third-order valence-electron chi connectivity index (χ3n) is 5.29. The summed E-state index contributed by atoms with van der Waals surface area (Å²) in [7, 11) is 1.91. The van der Waals surface area contributed by atoms with E-state index in [0.717, 1.165) is 60.3 Å². The number of anilines is 1. The molecule has 0 spiro atoms. The van der Waals surface area contributed by atoms with Crippen molar-refractivity contribution in [2.24, 2.45) is 7.05 Å². The number of aryl methyl sites for hydroxylation is 1. The van der Waals surface area contributed by atoms with Crippen molar-refractivity contribution in [2.45, 2.75) is 6.42 Å². The van der Waals surface area contributed by atoms with E-state index >= 15 is 0 Å². The fourth-order valence-corrected chi connectivity index (χ4v) is 4.44. The number of morpholine rings is 1. The van der Waals surface area contributed by atoms with Crippen LogP contribution < -0.4 is 5.32 Å². The van der Waals surface area contributed by atoms with Crippen LogP contribution in [0.25, 0.3) is 10.9 Å². The zero-order chi connectivity index (χ0) is 19.5. The Hall–Kier alpha value is -2.15. The predicted molar refractivity (Wildman–Crippen MR) is 116 cm³/mol. The maximum Gasteiger partial charge on any atom is 0.273 e. The highest BCUT2D eigenvalue weighted by Crippen LogP contribution is 2.30. The van der Waals surface area contributed by atoms with Crippen molar-refractivity contribution in [1.82, 2.24) is 9.47 Å². The van der Waals surface area contributed by atoms with Gasteiger partial charge in [0.1, 0.15) is 5.69 Å². The molecule has 1 N–H and O–H groups in total. The van der Waals surface area contributed by atoms with E-state index in [2.05, 4.69) is 38.3 Å². The van der Waals surface area contributed by atoms with Gasteiger partial charge in [0.25, 0.3) is 5.91 Å². The molecule has 0 unspecified atom stereocenters. The van der Waals surface area contributed by atoms with Crippen LogP contribution in [0.3, 0.4) is 0 Å². The molecule has 0 aliphatic carbocycles. The lowest BCUT2D eigenvalue weighted by Gasteiger charge is -2.26. The smallest absolute Gasteiger partial charge is 0.273 e. The number of ether oxygens (including phenoxy) is 1. The topological polar surface area (TPSA) is 46.5 Å². The molecule has 0 atom stereocenters. The number of rotatable bonds is 5. The van der Waals surface area contributed by atoms with Gasteiger partial charge >= 0.3 is 0 Å². The summed E-state index contributed by atoms with van der Waals surface area (Å²) in [5.41, 5.74) is 3.73. The molecular formula is C22H24BrN3O2. The molecule has 28 heavy (non-hydrogen) atoms. The van der Waals surface area contributed by atoms with Crippen LogP contribution >= 0.6 is 15.9 Å². The second kappa shape index (κ2) is 8.47. The van der Waals surface area contributed by atoms with Gasteiger partial charge in [0, 0.05) is 43.3 Å². The molecule has 0 radical (unpaired) electrons. The highest BCUT2D eigenvalue weighted by atomic mass is 79.9. The molecule has 3 aromatic rings. The fraction of sp³-hybridized carbons (Fsp3) is 0.318. The van der Waals surface area contributed by atoms with E-state index < -0.39 is 0 Å². The van der Waals surface area contributed by atoms with Crippen LogP contribution in [0.1, 0.15) is 16.1 Å². The van der Waals surface area contributed by atoms with Gasteiger partial charge in [-0.15, -0.1) is 0 Å². The summed E-state index contributed by atoms with van der Waals surface area (Å²) in [5, 5.41) is 4.05. The molecule has 4 rings (SSSR count). The normalized spacial score (nSPS) is 15.1. The number of nitrogens with zero attached hydrogens (tertiary/aromatic N) is 2. The average molecular weight is 442 g/mol. The van der Waals surface area contributed by atoms with Gasteiger partial charge in [-0.05, 0) is 46.1 Å². The van der Waals surface area contributed by atoms with Gasteiger partial charge in [0.05, 0.1) is 17.7 Å². The van der Waals surface area contributed by atoms with Gasteiger partial charge in [-0.2, -0.15) is 0 Å². The highest BCUT2D eigenvalue weighted by molar-refractivity contribution is 9.10. The molecule has 1 aliphatic heterocycles. The average Bonchev–Trinajstić information content (AvgIpc) is 2.99. The number of amides is 1. The number of hydrogen-bond acceptors (Lipinski definition) is 3. The number of para-hydroxylation sites is 1. The SMILES string of the molecule is Cn1c(C(=O)Nc2ccc(CCN3CCOCC3)cc2)c(Br)c2ccccc21. The van der Waals surface area contributed by atoms with Crippen molar-refractivity contribution in [1.29, 1.82) is 0 Å². The van der Waals surface area contributed by atoms with Crippen LogP contribution in [0.15, 0.2) is 53.0 Å². The maximum absolute atomic E-state index is 12.9. The Kier molecular flexibility index (Phi) is 5.80. The molecule has 1 aliphatic rings. The van der Waals surface area contributed by atoms with Gasteiger partial charge < -0.3 is 14.6 Å². The summed E-state index contributed by atoms with van der Waals surface area (Å²) in [6.07, 6.45) is 1.00. The monoisotopic (exact) mass is 441 g/mol. The first-order valence-electron chi connectivity index (χ1n) is 9.57. The summed E-state index contributed by atoms with van der Waals surface area (Å²) >= 11 is 3.59. The number of halogens is 1. The molecular weight excluding hydrogens is 418 g/mol. The Bertz CT molecular complexity index is 936. The summed E-state index contributed by atoms with van der Waals surface area (Å²) < 4.78 is 8.14. The number of carbonyl (C=O) groups is 1. The Morgan fingerprint density at radius 2 is 1.82 bits per heavy atom. The summed E-state index contributed by atoms with van der Waals surface area (Å²) in [4.78, 5) is 15.3. The van der Waals surface area contributed by atoms with Crippen LogP contribution in [0, 0.1) is 0 Å². The molecule has 1 saturated heterocycles. The van der Waals surface area contributed by atoms with Gasteiger partial charge in [0.2, 0.25) is 0 Å². The van der Waals surface area contributed by atoms with Crippen molar-refractivity contribution < 1.29 is 9.53 Å². The minimum absolute atomic E-state index is 0.119. The first-order valence-corrected chi connectivity index (χ1v) is 10.4. The number of carbonyl (C=O) groups excluding carboxylic acids is 1. The van der Waals surface area contributed by atoms with Gasteiger partial charge in [-0.1, -0.05) is 30.3 Å². The van der Waals surface area contributed by atoms with E-state index in [4.69, 9.17) is 4.74 Å². The first kappa shape index (κ1) is 19.2. The standard InChI is InChI=1S/C22H24BrN3O2/c1-25-19-5-3-2-4-18(19)20(23)21(25)22(27)24-17-8-6-16(7-9-17)10-11-26-12-14-28-15-13-26/h2-9H,10-15H2,1H3,(H,24,27). The summed E-state index contributed by atoms with van der Waals surface area (Å²) in [6.45, 7) is 4.71. The molecule has 146 valence electrons. The van der Waals surface area contributed by atoms with E-state index in [0.29, 0.717) is 5.69 Å². The number of benzene rings is 2. The number of aromatic nitrogens is 1. The molecule has 1 fully saturated rings. The zero-order valence-electron chi connectivity index (χ0n) is 16.0. The largest absolute Gasteiger partial charge is 0.379 e. The number of fused-ring (bicyclic) bond motifs is 1.